The molecule has 8 N–H and O–H groups in total. The number of aliphatic hydroxyl groups excluding tert-OH is 8. The molecule has 0 aromatic rings. The average Bonchev–Trinajstić information content (AvgIpc) is 2.89. The molecule has 0 saturated heterocycles. The second kappa shape index (κ2) is 32.4. The van der Waals surface area contributed by atoms with Crippen LogP contribution in [0.3, 0.4) is 0 Å². The molecule has 0 aromatic heterocycles. The summed E-state index contributed by atoms with van der Waals surface area (Å²) in [6.45, 7) is 16.4. The summed E-state index contributed by atoms with van der Waals surface area (Å²) in [6.07, 6.45) is -1.79. The van der Waals surface area contributed by atoms with Crippen LogP contribution in [0, 0.1) is 0 Å². The van der Waals surface area contributed by atoms with Gasteiger partial charge in [-0.05, 0) is 55.9 Å². The van der Waals surface area contributed by atoms with E-state index in [0.717, 1.165) is 13.1 Å². The lowest BCUT2D eigenvalue weighted by Gasteiger charge is -2.30. The van der Waals surface area contributed by atoms with Gasteiger partial charge in [0.2, 0.25) is 0 Å². The van der Waals surface area contributed by atoms with Gasteiger partial charge in [-0.3, -0.25) is 19.6 Å². The molecule has 0 aliphatic heterocycles. The topological polar surface area (TPSA) is 181 Å². The quantitative estimate of drug-likeness (QED) is 0.0497. The van der Waals surface area contributed by atoms with Crippen molar-refractivity contribution >= 4 is 0 Å². The van der Waals surface area contributed by atoms with E-state index in [0.29, 0.717) is 78.5 Å². The summed E-state index contributed by atoms with van der Waals surface area (Å²) < 4.78 is 0. The van der Waals surface area contributed by atoms with E-state index in [1.165, 1.54) is 0 Å². The van der Waals surface area contributed by atoms with Crippen LogP contribution < -0.4 is 0 Å². The molecule has 0 spiro atoms. The SMILES string of the molecule is CC(O)CN(CCN(CC(C)O)CC(C)O)CC(C)O.CN(C)CCN(C)C.OCCN(CCO)CCN(CCO)CCO. The van der Waals surface area contributed by atoms with Crippen LogP contribution in [-0.4, -0.2) is 241 Å². The molecule has 44 heavy (non-hydrogen) atoms. The summed E-state index contributed by atoms with van der Waals surface area (Å²) >= 11 is 0. The molecule has 0 aliphatic carbocycles. The zero-order valence-corrected chi connectivity index (χ0v) is 29.3. The molecule has 270 valence electrons. The predicted molar refractivity (Wildman–Crippen MR) is 178 cm³/mol. The molecule has 0 aliphatic rings. The summed E-state index contributed by atoms with van der Waals surface area (Å²) in [5.74, 6) is 0. The zero-order chi connectivity index (χ0) is 34.5. The summed E-state index contributed by atoms with van der Waals surface area (Å²) in [6, 6.07) is 0. The second-order valence-corrected chi connectivity index (χ2v) is 12.1. The van der Waals surface area contributed by atoms with E-state index in [1.54, 1.807) is 27.7 Å². The lowest BCUT2D eigenvalue weighted by Crippen LogP contribution is -2.44. The normalized spacial score (nSPS) is 14.6. The second-order valence-electron chi connectivity index (χ2n) is 12.1. The van der Waals surface area contributed by atoms with E-state index >= 15 is 0 Å². The molecule has 14 heteroatoms. The first-order valence-corrected chi connectivity index (χ1v) is 16.0. The number of hydrogen-bond acceptors (Lipinski definition) is 14. The minimum atomic E-state index is -0.448. The van der Waals surface area contributed by atoms with Gasteiger partial charge in [0, 0.05) is 91.6 Å². The predicted octanol–water partition coefficient (Wildman–Crippen LogP) is -3.22. The molecule has 0 saturated carbocycles. The molecule has 0 amide bonds. The molecule has 0 bridgehead atoms. The number of hydrogen-bond donors (Lipinski definition) is 8. The van der Waals surface area contributed by atoms with Crippen molar-refractivity contribution in [2.24, 2.45) is 0 Å². The van der Waals surface area contributed by atoms with Gasteiger partial charge in [0.15, 0.2) is 0 Å². The van der Waals surface area contributed by atoms with Crippen LogP contribution in [0.5, 0.6) is 0 Å². The minimum absolute atomic E-state index is 0.0694. The average molecular weight is 645 g/mol. The maximum absolute atomic E-state index is 9.47. The first kappa shape index (κ1) is 47.8. The minimum Gasteiger partial charge on any atom is -0.395 e. The monoisotopic (exact) mass is 645 g/mol. The molecule has 4 atom stereocenters. The van der Waals surface area contributed by atoms with Crippen LogP contribution in [0.25, 0.3) is 0 Å². The molecule has 0 rings (SSSR count). The summed E-state index contributed by atoms with van der Waals surface area (Å²) in [5.41, 5.74) is 0. The number of aliphatic hydroxyl groups is 8. The van der Waals surface area contributed by atoms with Crippen molar-refractivity contribution in [2.45, 2.75) is 52.1 Å². The van der Waals surface area contributed by atoms with Gasteiger partial charge >= 0.3 is 0 Å². The van der Waals surface area contributed by atoms with Crippen molar-refractivity contribution in [3.63, 3.8) is 0 Å². The first-order valence-electron chi connectivity index (χ1n) is 16.0. The van der Waals surface area contributed by atoms with Crippen LogP contribution in [0.2, 0.25) is 0 Å². The van der Waals surface area contributed by atoms with E-state index in [9.17, 15) is 20.4 Å². The van der Waals surface area contributed by atoms with Gasteiger partial charge in [-0.2, -0.15) is 0 Å². The van der Waals surface area contributed by atoms with Gasteiger partial charge in [-0.15, -0.1) is 0 Å². The fraction of sp³-hybridized carbons (Fsp3) is 1.00. The molecule has 0 radical (unpaired) electrons. The molecular weight excluding hydrogens is 572 g/mol. The van der Waals surface area contributed by atoms with Crippen molar-refractivity contribution in [2.75, 3.05) is 146 Å². The summed E-state index contributed by atoms with van der Waals surface area (Å²) in [7, 11) is 8.35. The fourth-order valence-corrected chi connectivity index (χ4v) is 4.21. The van der Waals surface area contributed by atoms with Crippen LogP contribution in [-0.2, 0) is 0 Å². The van der Waals surface area contributed by atoms with E-state index < -0.39 is 24.4 Å². The van der Waals surface area contributed by atoms with Gasteiger partial charge in [0.1, 0.15) is 0 Å². The van der Waals surface area contributed by atoms with Crippen LogP contribution >= 0.6 is 0 Å². The van der Waals surface area contributed by atoms with Crippen LogP contribution in [0.15, 0.2) is 0 Å². The molecule has 0 fully saturated rings. The van der Waals surface area contributed by atoms with Gasteiger partial charge < -0.3 is 50.7 Å². The molecule has 0 heterocycles. The molecule has 4 unspecified atom stereocenters. The Hall–Kier alpha value is -0.560. The maximum Gasteiger partial charge on any atom is 0.0639 e. The third-order valence-corrected chi connectivity index (χ3v) is 6.21. The summed E-state index contributed by atoms with van der Waals surface area (Å²) in [4.78, 5) is 12.2. The number of nitrogens with zero attached hydrogens (tertiary/aromatic N) is 6. The van der Waals surface area contributed by atoms with E-state index in [1.807, 2.05) is 19.6 Å². The Morgan fingerprint density at radius 1 is 0.341 bits per heavy atom. The van der Waals surface area contributed by atoms with Gasteiger partial charge in [0.05, 0.1) is 50.8 Å². The molecule has 0 aromatic carbocycles. The fourth-order valence-electron chi connectivity index (χ4n) is 4.21. The van der Waals surface area contributed by atoms with E-state index in [4.69, 9.17) is 20.4 Å². The van der Waals surface area contributed by atoms with Gasteiger partial charge in [0.25, 0.3) is 0 Å². The third kappa shape index (κ3) is 37.6. The van der Waals surface area contributed by atoms with Gasteiger partial charge in [-0.1, -0.05) is 0 Å². The highest BCUT2D eigenvalue weighted by Gasteiger charge is 2.15. The Kier molecular flexibility index (Phi) is 35.2. The van der Waals surface area contributed by atoms with Crippen molar-refractivity contribution in [1.82, 2.24) is 29.4 Å². The Labute approximate surface area is 268 Å². The highest BCUT2D eigenvalue weighted by Crippen LogP contribution is 2.00. The lowest BCUT2D eigenvalue weighted by atomic mass is 10.2. The standard InChI is InChI=1S/C14H32N2O4.C10H24N2O4.C6H16N2/c1-11(17)7-15(8-12(2)18)5-6-16(9-13(3)19)10-14(4)20;13-7-3-11(4-8-14)1-2-12(5-9-15)6-10-16;1-7(2)5-6-8(3)4/h11-14,17-20H,5-10H2,1-4H3;13-16H,1-10H2;5-6H2,1-4H3. The highest BCUT2D eigenvalue weighted by molar-refractivity contribution is 4.70. The lowest BCUT2D eigenvalue weighted by molar-refractivity contribution is 0.0542. The third-order valence-electron chi connectivity index (χ3n) is 6.21. The summed E-state index contributed by atoms with van der Waals surface area (Å²) in [5, 5.41) is 73.2. The number of rotatable bonds is 25. The van der Waals surface area contributed by atoms with Crippen molar-refractivity contribution in [3.05, 3.63) is 0 Å². The largest absolute Gasteiger partial charge is 0.395 e. The Bertz CT molecular complexity index is 498. The molecule has 14 nitrogen and oxygen atoms in total. The van der Waals surface area contributed by atoms with E-state index in [-0.39, 0.29) is 26.4 Å². The maximum atomic E-state index is 9.47. The van der Waals surface area contributed by atoms with Crippen LogP contribution in [0.4, 0.5) is 0 Å². The van der Waals surface area contributed by atoms with Crippen molar-refractivity contribution in [3.8, 4) is 0 Å². The smallest absolute Gasteiger partial charge is 0.0639 e. The molecular formula is C30H72N6O8. The van der Waals surface area contributed by atoms with Crippen LogP contribution in [0.1, 0.15) is 27.7 Å². The van der Waals surface area contributed by atoms with Gasteiger partial charge in [-0.25, -0.2) is 0 Å². The Morgan fingerprint density at radius 3 is 0.705 bits per heavy atom. The zero-order valence-electron chi connectivity index (χ0n) is 29.3. The Balaban J connectivity index is -0.000000624. The van der Waals surface area contributed by atoms with E-state index in [2.05, 4.69) is 38.0 Å². The number of likely N-dealkylation sites (N-methyl/N-ethyl adjacent to an activating group) is 2. The Morgan fingerprint density at radius 2 is 0.545 bits per heavy atom. The van der Waals surface area contributed by atoms with Crippen molar-refractivity contribution < 1.29 is 40.9 Å². The highest BCUT2D eigenvalue weighted by atomic mass is 16.3. The van der Waals surface area contributed by atoms with Crippen molar-refractivity contribution in [1.29, 1.82) is 0 Å². The first-order chi connectivity index (χ1) is 20.6.